The molecule has 0 saturated carbocycles. The minimum Gasteiger partial charge on any atom is -0.496 e. The molecule has 8 nitrogen and oxygen atoms in total. The molecule has 0 radical (unpaired) electrons. The average molecular weight is 494 g/mol. The molecule has 182 valence electrons. The largest absolute Gasteiger partial charge is 0.496 e. The Bertz CT molecular complexity index is 1510. The predicted molar refractivity (Wildman–Crippen MR) is 136 cm³/mol. The fourth-order valence-electron chi connectivity index (χ4n) is 4.20. The number of hydrogen-bond donors (Lipinski definition) is 0. The molecule has 0 N–H and O–H groups in total. The SMILES string of the molecule is COc1c(C)cc(/C(=C\CCc2nnc(C)o2)c2cc(C)c3on(C)c(=O)c3c2)cc1C(=O)SC. The molecule has 2 aromatic heterocycles. The van der Waals surface area contributed by atoms with Gasteiger partial charge in [-0.25, -0.2) is 0 Å². The Morgan fingerprint density at radius 2 is 1.83 bits per heavy atom. The van der Waals surface area contributed by atoms with Gasteiger partial charge < -0.3 is 13.7 Å². The van der Waals surface area contributed by atoms with E-state index in [1.807, 2.05) is 38.1 Å². The number of rotatable bonds is 7. The van der Waals surface area contributed by atoms with E-state index in [0.717, 1.165) is 39.6 Å². The standard InChI is InChI=1S/C26H27N3O5S/c1-14-10-18(13-21(23(14)32-5)26(31)35-6)19(8-7-9-22-28-27-16(3)33-22)17-11-15(2)24-20(12-17)25(30)29(4)34-24/h8,10-13H,7,9H2,1-6H3/b19-8-. The molecule has 0 amide bonds. The minimum atomic E-state index is -0.199. The molecule has 0 aliphatic heterocycles. The van der Waals surface area contributed by atoms with Gasteiger partial charge >= 0.3 is 0 Å². The van der Waals surface area contributed by atoms with Crippen molar-refractivity contribution in [2.24, 2.45) is 7.05 Å². The highest BCUT2D eigenvalue weighted by Crippen LogP contribution is 2.35. The Balaban J connectivity index is 1.89. The van der Waals surface area contributed by atoms with Crippen LogP contribution < -0.4 is 10.3 Å². The van der Waals surface area contributed by atoms with E-state index in [4.69, 9.17) is 13.7 Å². The summed E-state index contributed by atoms with van der Waals surface area (Å²) >= 11 is 1.14. The molecule has 0 unspecified atom stereocenters. The zero-order valence-electron chi connectivity index (χ0n) is 20.6. The van der Waals surface area contributed by atoms with Gasteiger partial charge in [-0.15, -0.1) is 10.2 Å². The van der Waals surface area contributed by atoms with Crippen molar-refractivity contribution in [1.29, 1.82) is 0 Å². The summed E-state index contributed by atoms with van der Waals surface area (Å²) in [6.07, 6.45) is 5.00. The Hall–Kier alpha value is -3.59. The van der Waals surface area contributed by atoms with Gasteiger partial charge in [-0.3, -0.25) is 9.59 Å². The second-order valence-corrected chi connectivity index (χ2v) is 9.08. The number of aromatic nitrogens is 3. The van der Waals surface area contributed by atoms with Crippen LogP contribution in [0.3, 0.4) is 0 Å². The lowest BCUT2D eigenvalue weighted by Crippen LogP contribution is -2.09. The van der Waals surface area contributed by atoms with E-state index in [1.54, 1.807) is 27.3 Å². The lowest BCUT2D eigenvalue weighted by Gasteiger charge is -2.16. The smallest absolute Gasteiger partial charge is 0.290 e. The number of thioether (sulfide) groups is 1. The second kappa shape index (κ2) is 9.95. The first-order chi connectivity index (χ1) is 16.7. The molecule has 35 heavy (non-hydrogen) atoms. The molecule has 4 aromatic rings. The number of methoxy groups -OCH3 is 1. The Morgan fingerprint density at radius 1 is 1.11 bits per heavy atom. The highest BCUT2D eigenvalue weighted by atomic mass is 32.2. The van der Waals surface area contributed by atoms with Crippen molar-refractivity contribution in [2.45, 2.75) is 33.6 Å². The van der Waals surface area contributed by atoms with Crippen molar-refractivity contribution in [1.82, 2.24) is 14.9 Å². The van der Waals surface area contributed by atoms with Crippen LogP contribution in [0.25, 0.3) is 16.5 Å². The first-order valence-electron chi connectivity index (χ1n) is 11.1. The van der Waals surface area contributed by atoms with Gasteiger partial charge in [0, 0.05) is 20.4 Å². The lowest BCUT2D eigenvalue weighted by molar-refractivity contribution is 0.108. The third-order valence-electron chi connectivity index (χ3n) is 5.80. The number of nitrogens with zero attached hydrogens (tertiary/aromatic N) is 3. The van der Waals surface area contributed by atoms with Crippen molar-refractivity contribution in [3.63, 3.8) is 0 Å². The van der Waals surface area contributed by atoms with Gasteiger partial charge in [0.1, 0.15) is 5.75 Å². The van der Waals surface area contributed by atoms with Crippen LogP contribution in [0.1, 0.15) is 50.8 Å². The number of aryl methyl sites for hydroxylation is 5. The summed E-state index contributed by atoms with van der Waals surface area (Å²) in [6.45, 7) is 5.58. The summed E-state index contributed by atoms with van der Waals surface area (Å²) in [7, 11) is 3.16. The van der Waals surface area contributed by atoms with E-state index in [9.17, 15) is 9.59 Å². The van der Waals surface area contributed by atoms with Crippen LogP contribution in [-0.4, -0.2) is 33.4 Å². The van der Waals surface area contributed by atoms with Gasteiger partial charge in [-0.05, 0) is 78.6 Å². The maximum atomic E-state index is 12.7. The van der Waals surface area contributed by atoms with Crippen LogP contribution in [0.4, 0.5) is 0 Å². The minimum absolute atomic E-state index is 0.0807. The highest BCUT2D eigenvalue weighted by Gasteiger charge is 2.19. The van der Waals surface area contributed by atoms with Crippen LogP contribution in [0.15, 0.2) is 44.1 Å². The van der Waals surface area contributed by atoms with Gasteiger partial charge in [-0.2, -0.15) is 4.74 Å². The number of ether oxygens (including phenoxy) is 1. The monoisotopic (exact) mass is 493 g/mol. The van der Waals surface area contributed by atoms with Crippen molar-refractivity contribution in [3.8, 4) is 5.75 Å². The highest BCUT2D eigenvalue weighted by molar-refractivity contribution is 8.13. The summed E-state index contributed by atoms with van der Waals surface area (Å²) in [5.74, 6) is 1.63. The lowest BCUT2D eigenvalue weighted by atomic mass is 9.91. The Labute approximate surface area is 206 Å². The first-order valence-corrected chi connectivity index (χ1v) is 12.3. The van der Waals surface area contributed by atoms with Crippen LogP contribution in [0.5, 0.6) is 5.75 Å². The number of allylic oxidation sites excluding steroid dienone is 1. The zero-order chi connectivity index (χ0) is 25.3. The van der Waals surface area contributed by atoms with E-state index in [-0.39, 0.29) is 10.7 Å². The van der Waals surface area contributed by atoms with Crippen molar-refractivity contribution < 1.29 is 18.5 Å². The van der Waals surface area contributed by atoms with Gasteiger partial charge in [-0.1, -0.05) is 17.8 Å². The molecular formula is C26H27N3O5S. The van der Waals surface area contributed by atoms with Crippen molar-refractivity contribution in [2.75, 3.05) is 13.4 Å². The van der Waals surface area contributed by atoms with E-state index < -0.39 is 0 Å². The quantitative estimate of drug-likeness (QED) is 0.354. The number of carbonyl (C=O) groups excluding carboxylic acids is 1. The maximum absolute atomic E-state index is 12.7. The summed E-state index contributed by atoms with van der Waals surface area (Å²) in [4.78, 5) is 25.4. The van der Waals surface area contributed by atoms with E-state index in [2.05, 4.69) is 16.3 Å². The van der Waals surface area contributed by atoms with E-state index >= 15 is 0 Å². The average Bonchev–Trinajstić information content (AvgIpc) is 3.38. The van der Waals surface area contributed by atoms with Crippen LogP contribution in [-0.2, 0) is 13.5 Å². The summed E-state index contributed by atoms with van der Waals surface area (Å²) in [6, 6.07) is 7.67. The topological polar surface area (TPSA) is 100 Å². The van der Waals surface area contributed by atoms with Gasteiger partial charge in [0.15, 0.2) is 5.58 Å². The van der Waals surface area contributed by atoms with Crippen LogP contribution >= 0.6 is 11.8 Å². The van der Waals surface area contributed by atoms with Crippen LogP contribution in [0, 0.1) is 20.8 Å². The molecule has 0 bridgehead atoms. The number of benzene rings is 2. The molecule has 4 rings (SSSR count). The normalized spacial score (nSPS) is 11.9. The summed E-state index contributed by atoms with van der Waals surface area (Å²) in [5, 5.41) is 8.39. The van der Waals surface area contributed by atoms with Gasteiger partial charge in [0.25, 0.3) is 5.56 Å². The molecule has 2 heterocycles. The summed E-state index contributed by atoms with van der Waals surface area (Å²) < 4.78 is 17.9. The molecule has 2 aromatic carbocycles. The second-order valence-electron chi connectivity index (χ2n) is 8.30. The maximum Gasteiger partial charge on any atom is 0.290 e. The zero-order valence-corrected chi connectivity index (χ0v) is 21.4. The van der Waals surface area contributed by atoms with Gasteiger partial charge in [0.05, 0.1) is 18.1 Å². The molecule has 0 aliphatic carbocycles. The molecule has 9 heteroatoms. The van der Waals surface area contributed by atoms with Crippen molar-refractivity contribution >= 4 is 33.4 Å². The fourth-order valence-corrected chi connectivity index (χ4v) is 4.57. The molecule has 0 saturated heterocycles. The Morgan fingerprint density at radius 3 is 2.49 bits per heavy atom. The number of carbonyl (C=O) groups is 1. The van der Waals surface area contributed by atoms with Crippen molar-refractivity contribution in [3.05, 3.63) is 80.3 Å². The molecule has 0 aliphatic rings. The predicted octanol–water partition coefficient (Wildman–Crippen LogP) is 5.02. The summed E-state index contributed by atoms with van der Waals surface area (Å²) in [5.41, 5.74) is 5.14. The first kappa shape index (κ1) is 24.5. The Kier molecular flexibility index (Phi) is 6.98. The third-order valence-corrected chi connectivity index (χ3v) is 6.39. The fraction of sp³-hybridized carbons (Fsp3) is 0.308. The van der Waals surface area contributed by atoms with E-state index in [1.165, 1.54) is 4.74 Å². The number of fused-ring (bicyclic) bond motifs is 1. The molecule has 0 spiro atoms. The van der Waals surface area contributed by atoms with Gasteiger partial charge in [0.2, 0.25) is 16.9 Å². The number of hydrogen-bond acceptors (Lipinski definition) is 8. The third kappa shape index (κ3) is 4.81. The molecule has 0 fully saturated rings. The molecule has 0 atom stereocenters. The molecular weight excluding hydrogens is 466 g/mol. The van der Waals surface area contributed by atoms with Crippen LogP contribution in [0.2, 0.25) is 0 Å². The van der Waals surface area contributed by atoms with E-state index in [0.29, 0.717) is 46.9 Å².